The summed E-state index contributed by atoms with van der Waals surface area (Å²) in [5.41, 5.74) is 1.47. The lowest BCUT2D eigenvalue weighted by Crippen LogP contribution is -2.09. The number of rotatable bonds is 3. The van der Waals surface area contributed by atoms with Gasteiger partial charge in [-0.1, -0.05) is 0 Å². The van der Waals surface area contributed by atoms with Gasteiger partial charge in [-0.3, -0.25) is 9.48 Å². The Balaban J connectivity index is 2.06. The van der Waals surface area contributed by atoms with Crippen LogP contribution >= 0.6 is 0 Å². The van der Waals surface area contributed by atoms with Gasteiger partial charge in [-0.2, -0.15) is 5.10 Å². The van der Waals surface area contributed by atoms with Crippen LogP contribution in [0.25, 0.3) is 22.8 Å². The minimum Gasteiger partial charge on any atom is -0.480 e. The van der Waals surface area contributed by atoms with Crippen LogP contribution in [0.5, 0.6) is 5.88 Å². The van der Waals surface area contributed by atoms with E-state index in [1.807, 2.05) is 0 Å². The Hall–Kier alpha value is -3.03. The van der Waals surface area contributed by atoms with Crippen molar-refractivity contribution in [1.82, 2.24) is 29.9 Å². The second kappa shape index (κ2) is 5.16. The average Bonchev–Trinajstić information content (AvgIpc) is 2.93. The SMILES string of the molecule is COc1ccc(-c2nc(-c3cnn(C)c3)cc(=O)[nH]2)nn1. The normalized spacial score (nSPS) is 10.6. The number of hydrogen-bond donors (Lipinski definition) is 1. The molecular formula is C13H12N6O2. The Labute approximate surface area is 119 Å². The number of aromatic amines is 1. The van der Waals surface area contributed by atoms with E-state index < -0.39 is 0 Å². The summed E-state index contributed by atoms with van der Waals surface area (Å²) in [5, 5.41) is 11.9. The van der Waals surface area contributed by atoms with Gasteiger partial charge < -0.3 is 9.72 Å². The molecular weight excluding hydrogens is 272 g/mol. The molecule has 0 unspecified atom stereocenters. The molecule has 0 spiro atoms. The molecule has 1 N–H and O–H groups in total. The smallest absolute Gasteiger partial charge is 0.251 e. The summed E-state index contributed by atoms with van der Waals surface area (Å²) >= 11 is 0. The summed E-state index contributed by atoms with van der Waals surface area (Å²) < 4.78 is 6.59. The van der Waals surface area contributed by atoms with Crippen LogP contribution in [0.15, 0.2) is 35.4 Å². The molecule has 21 heavy (non-hydrogen) atoms. The third kappa shape index (κ3) is 2.64. The van der Waals surface area contributed by atoms with E-state index in [4.69, 9.17) is 4.74 Å². The topological polar surface area (TPSA) is 98.6 Å². The minimum absolute atomic E-state index is 0.267. The average molecular weight is 284 g/mol. The number of aromatic nitrogens is 6. The molecule has 0 aliphatic carbocycles. The second-order valence-electron chi connectivity index (χ2n) is 4.34. The van der Waals surface area contributed by atoms with Crippen LogP contribution in [-0.2, 0) is 7.05 Å². The van der Waals surface area contributed by atoms with Gasteiger partial charge in [0.15, 0.2) is 5.82 Å². The van der Waals surface area contributed by atoms with Gasteiger partial charge in [-0.25, -0.2) is 4.98 Å². The zero-order valence-corrected chi connectivity index (χ0v) is 11.4. The highest BCUT2D eigenvalue weighted by molar-refractivity contribution is 5.60. The number of nitrogens with one attached hydrogen (secondary N) is 1. The lowest BCUT2D eigenvalue weighted by molar-refractivity contribution is 0.392. The monoisotopic (exact) mass is 284 g/mol. The highest BCUT2D eigenvalue weighted by Gasteiger charge is 2.09. The Kier molecular flexibility index (Phi) is 3.19. The fraction of sp³-hybridized carbons (Fsp3) is 0.154. The zero-order valence-electron chi connectivity index (χ0n) is 11.4. The van der Waals surface area contributed by atoms with Crippen LogP contribution in [-0.4, -0.2) is 37.1 Å². The van der Waals surface area contributed by atoms with E-state index >= 15 is 0 Å². The molecule has 106 valence electrons. The first-order valence-corrected chi connectivity index (χ1v) is 6.14. The molecule has 0 aromatic carbocycles. The van der Waals surface area contributed by atoms with Crippen LogP contribution in [0.4, 0.5) is 0 Å². The van der Waals surface area contributed by atoms with Crippen molar-refractivity contribution in [2.45, 2.75) is 0 Å². The lowest BCUT2D eigenvalue weighted by atomic mass is 10.2. The summed E-state index contributed by atoms with van der Waals surface area (Å²) in [5.74, 6) is 0.737. The molecule has 0 fully saturated rings. The van der Waals surface area contributed by atoms with Gasteiger partial charge in [0.2, 0.25) is 5.88 Å². The van der Waals surface area contributed by atoms with Gasteiger partial charge >= 0.3 is 0 Å². The molecule has 0 aliphatic rings. The van der Waals surface area contributed by atoms with Crippen LogP contribution < -0.4 is 10.3 Å². The van der Waals surface area contributed by atoms with Gasteiger partial charge in [0.1, 0.15) is 5.69 Å². The Bertz CT molecular complexity index is 821. The minimum atomic E-state index is -0.267. The summed E-state index contributed by atoms with van der Waals surface area (Å²) in [6.45, 7) is 0. The van der Waals surface area contributed by atoms with E-state index in [0.29, 0.717) is 23.1 Å². The number of aryl methyl sites for hydroxylation is 1. The van der Waals surface area contributed by atoms with Crippen LogP contribution in [0, 0.1) is 0 Å². The Morgan fingerprint density at radius 1 is 1.24 bits per heavy atom. The predicted molar refractivity (Wildman–Crippen MR) is 74.6 cm³/mol. The van der Waals surface area contributed by atoms with Crippen molar-refractivity contribution in [3.8, 4) is 28.7 Å². The summed E-state index contributed by atoms with van der Waals surface area (Å²) in [6.07, 6.45) is 3.43. The van der Waals surface area contributed by atoms with E-state index in [1.165, 1.54) is 13.2 Å². The fourth-order valence-corrected chi connectivity index (χ4v) is 1.84. The van der Waals surface area contributed by atoms with Crippen molar-refractivity contribution in [3.63, 3.8) is 0 Å². The molecule has 0 saturated heterocycles. The Morgan fingerprint density at radius 3 is 2.71 bits per heavy atom. The first-order chi connectivity index (χ1) is 10.2. The van der Waals surface area contributed by atoms with Gasteiger partial charge in [0, 0.05) is 30.9 Å². The fourth-order valence-electron chi connectivity index (χ4n) is 1.84. The third-order valence-electron chi connectivity index (χ3n) is 2.83. The van der Waals surface area contributed by atoms with Gasteiger partial charge in [-0.05, 0) is 6.07 Å². The second-order valence-corrected chi connectivity index (χ2v) is 4.34. The van der Waals surface area contributed by atoms with E-state index in [1.54, 1.807) is 36.3 Å². The molecule has 3 rings (SSSR count). The number of hydrogen-bond acceptors (Lipinski definition) is 6. The summed E-state index contributed by atoms with van der Waals surface area (Å²) in [6, 6.07) is 4.74. The highest BCUT2D eigenvalue weighted by atomic mass is 16.5. The summed E-state index contributed by atoms with van der Waals surface area (Å²) in [4.78, 5) is 18.8. The van der Waals surface area contributed by atoms with Crippen molar-refractivity contribution in [2.75, 3.05) is 7.11 Å². The standard InChI is InChI=1S/C13H12N6O2/c1-19-7-8(6-14-19)10-5-11(20)16-13(15-10)9-3-4-12(21-2)18-17-9/h3-7H,1-2H3,(H,15,16,20). The molecule has 0 aliphatic heterocycles. The maximum Gasteiger partial charge on any atom is 0.251 e. The molecule has 3 aromatic heterocycles. The van der Waals surface area contributed by atoms with E-state index in [2.05, 4.69) is 25.3 Å². The van der Waals surface area contributed by atoms with E-state index in [-0.39, 0.29) is 5.56 Å². The molecule has 8 heteroatoms. The molecule has 0 amide bonds. The first kappa shape index (κ1) is 13.0. The molecule has 0 saturated carbocycles. The van der Waals surface area contributed by atoms with Crippen molar-refractivity contribution >= 4 is 0 Å². The predicted octanol–water partition coefficient (Wildman–Crippen LogP) is 0.636. The quantitative estimate of drug-likeness (QED) is 0.757. The van der Waals surface area contributed by atoms with E-state index in [0.717, 1.165) is 5.56 Å². The Morgan fingerprint density at radius 2 is 2.10 bits per heavy atom. The van der Waals surface area contributed by atoms with Crippen molar-refractivity contribution in [1.29, 1.82) is 0 Å². The molecule has 3 aromatic rings. The highest BCUT2D eigenvalue weighted by Crippen LogP contribution is 2.18. The van der Waals surface area contributed by atoms with Gasteiger partial charge in [0.05, 0.1) is 19.0 Å². The number of ether oxygens (including phenoxy) is 1. The molecule has 0 bridgehead atoms. The molecule has 8 nitrogen and oxygen atoms in total. The molecule has 3 heterocycles. The summed E-state index contributed by atoms with van der Waals surface area (Å²) in [7, 11) is 3.30. The van der Waals surface area contributed by atoms with Gasteiger partial charge in [-0.15, -0.1) is 10.2 Å². The zero-order chi connectivity index (χ0) is 14.8. The van der Waals surface area contributed by atoms with E-state index in [9.17, 15) is 4.79 Å². The number of H-pyrrole nitrogens is 1. The first-order valence-electron chi connectivity index (χ1n) is 6.14. The third-order valence-corrected chi connectivity index (χ3v) is 2.83. The molecule has 0 atom stereocenters. The molecule has 0 radical (unpaired) electrons. The van der Waals surface area contributed by atoms with Crippen LogP contribution in [0.2, 0.25) is 0 Å². The lowest BCUT2D eigenvalue weighted by Gasteiger charge is -2.02. The van der Waals surface area contributed by atoms with Crippen molar-refractivity contribution < 1.29 is 4.74 Å². The number of methoxy groups -OCH3 is 1. The largest absolute Gasteiger partial charge is 0.480 e. The van der Waals surface area contributed by atoms with Gasteiger partial charge in [0.25, 0.3) is 5.56 Å². The number of nitrogens with zero attached hydrogens (tertiary/aromatic N) is 5. The van der Waals surface area contributed by atoms with Crippen LogP contribution in [0.1, 0.15) is 0 Å². The van der Waals surface area contributed by atoms with Crippen molar-refractivity contribution in [3.05, 3.63) is 40.9 Å². The maximum atomic E-state index is 11.8. The van der Waals surface area contributed by atoms with Crippen LogP contribution in [0.3, 0.4) is 0 Å². The maximum absolute atomic E-state index is 11.8. The van der Waals surface area contributed by atoms with Crippen molar-refractivity contribution in [2.24, 2.45) is 7.05 Å².